The summed E-state index contributed by atoms with van der Waals surface area (Å²) < 4.78 is 1.09. The first-order chi connectivity index (χ1) is 6.79. The number of nitrogens with zero attached hydrogens (tertiary/aromatic N) is 1. The number of thiazole rings is 1. The van der Waals surface area contributed by atoms with Gasteiger partial charge in [-0.25, -0.2) is 4.98 Å². The second-order valence-electron chi connectivity index (χ2n) is 2.77. The van der Waals surface area contributed by atoms with Crippen molar-refractivity contribution >= 4 is 43.2 Å². The largest absolute Gasteiger partial charge is 0.240 e. The van der Waals surface area contributed by atoms with E-state index in [0.29, 0.717) is 0 Å². The van der Waals surface area contributed by atoms with Crippen LogP contribution in [0.15, 0.2) is 34.1 Å². The molecule has 1 aromatic heterocycles. The Bertz CT molecular complexity index is 439. The third-order valence-electron chi connectivity index (χ3n) is 1.79. The monoisotopic (exact) mass is 331 g/mol. The molecule has 0 fully saturated rings. The van der Waals surface area contributed by atoms with Gasteiger partial charge in [0.1, 0.15) is 5.01 Å². The Hall–Kier alpha value is -0.190. The zero-order chi connectivity index (χ0) is 9.97. The van der Waals surface area contributed by atoms with Crippen molar-refractivity contribution in [2.45, 2.75) is 5.33 Å². The van der Waals surface area contributed by atoms with Crippen molar-refractivity contribution in [2.75, 3.05) is 0 Å². The quantitative estimate of drug-likeness (QED) is 0.739. The molecule has 0 N–H and O–H groups in total. The van der Waals surface area contributed by atoms with Crippen LogP contribution in [0.2, 0.25) is 0 Å². The van der Waals surface area contributed by atoms with E-state index in [2.05, 4.69) is 54.4 Å². The Balaban J connectivity index is 2.39. The maximum atomic E-state index is 4.49. The molecule has 0 spiro atoms. The van der Waals surface area contributed by atoms with Gasteiger partial charge in [-0.2, -0.15) is 0 Å². The zero-order valence-corrected chi connectivity index (χ0v) is 11.2. The molecule has 2 aromatic rings. The van der Waals surface area contributed by atoms with Crippen molar-refractivity contribution in [1.29, 1.82) is 0 Å². The first-order valence-corrected chi connectivity index (χ1v) is 6.85. The number of hydrogen-bond donors (Lipinski definition) is 0. The summed E-state index contributed by atoms with van der Waals surface area (Å²) in [5.74, 6) is 0. The van der Waals surface area contributed by atoms with Crippen molar-refractivity contribution in [1.82, 2.24) is 4.98 Å². The highest BCUT2D eigenvalue weighted by Gasteiger charge is 2.03. The molecule has 0 saturated heterocycles. The van der Waals surface area contributed by atoms with E-state index in [1.165, 1.54) is 0 Å². The van der Waals surface area contributed by atoms with E-state index >= 15 is 0 Å². The fourth-order valence-corrected chi connectivity index (χ4v) is 2.72. The lowest BCUT2D eigenvalue weighted by Crippen LogP contribution is -1.79. The molecule has 0 bridgehead atoms. The van der Waals surface area contributed by atoms with Gasteiger partial charge in [-0.15, -0.1) is 11.3 Å². The summed E-state index contributed by atoms with van der Waals surface area (Å²) in [4.78, 5) is 4.49. The van der Waals surface area contributed by atoms with Crippen molar-refractivity contribution < 1.29 is 0 Å². The van der Waals surface area contributed by atoms with E-state index in [0.717, 1.165) is 26.1 Å². The summed E-state index contributed by atoms with van der Waals surface area (Å²) >= 11 is 8.52. The number of benzene rings is 1. The molecule has 0 aliphatic carbocycles. The third kappa shape index (κ3) is 2.24. The molecule has 0 unspecified atom stereocenters. The van der Waals surface area contributed by atoms with Gasteiger partial charge in [0.05, 0.1) is 11.0 Å². The Kier molecular flexibility index (Phi) is 3.36. The summed E-state index contributed by atoms with van der Waals surface area (Å²) in [6.07, 6.45) is 0. The lowest BCUT2D eigenvalue weighted by atomic mass is 10.2. The minimum Gasteiger partial charge on any atom is -0.240 e. The highest BCUT2D eigenvalue weighted by Crippen LogP contribution is 2.25. The van der Waals surface area contributed by atoms with Gasteiger partial charge in [0.25, 0.3) is 0 Å². The maximum absolute atomic E-state index is 4.49. The molecule has 0 saturated carbocycles. The molecule has 1 aromatic carbocycles. The SMILES string of the molecule is BrCc1nc(-c2cccc(Br)c2)cs1. The molecular formula is C10H7Br2NS. The van der Waals surface area contributed by atoms with E-state index in [1.54, 1.807) is 11.3 Å². The van der Waals surface area contributed by atoms with Gasteiger partial charge in [0.15, 0.2) is 0 Å². The minimum absolute atomic E-state index is 0.825. The Morgan fingerprint density at radius 3 is 2.86 bits per heavy atom. The van der Waals surface area contributed by atoms with Gasteiger partial charge >= 0.3 is 0 Å². The minimum atomic E-state index is 0.825. The topological polar surface area (TPSA) is 12.9 Å². The predicted molar refractivity (Wildman–Crippen MR) is 67.9 cm³/mol. The lowest BCUT2D eigenvalue weighted by molar-refractivity contribution is 1.28. The number of aromatic nitrogens is 1. The van der Waals surface area contributed by atoms with Crippen LogP contribution in [0.25, 0.3) is 11.3 Å². The summed E-state index contributed by atoms with van der Waals surface area (Å²) in [5, 5.41) is 4.02. The lowest BCUT2D eigenvalue weighted by Gasteiger charge is -1.96. The van der Waals surface area contributed by atoms with E-state index in [1.807, 2.05) is 12.1 Å². The predicted octanol–water partition coefficient (Wildman–Crippen LogP) is 4.47. The molecule has 4 heteroatoms. The van der Waals surface area contributed by atoms with Crippen LogP contribution in [0, 0.1) is 0 Å². The molecule has 14 heavy (non-hydrogen) atoms. The number of hydrogen-bond acceptors (Lipinski definition) is 2. The molecule has 0 amide bonds. The third-order valence-corrected chi connectivity index (χ3v) is 4.03. The fraction of sp³-hybridized carbons (Fsp3) is 0.100. The maximum Gasteiger partial charge on any atom is 0.104 e. The normalized spacial score (nSPS) is 10.4. The van der Waals surface area contributed by atoms with Crippen molar-refractivity contribution in [2.24, 2.45) is 0 Å². The molecular weight excluding hydrogens is 326 g/mol. The van der Waals surface area contributed by atoms with Crippen LogP contribution in [0.3, 0.4) is 0 Å². The van der Waals surface area contributed by atoms with E-state index in [4.69, 9.17) is 0 Å². The van der Waals surface area contributed by atoms with Crippen LogP contribution in [0.4, 0.5) is 0 Å². The Labute approximate surface area is 103 Å². The van der Waals surface area contributed by atoms with Crippen molar-refractivity contribution in [3.8, 4) is 11.3 Å². The van der Waals surface area contributed by atoms with Crippen LogP contribution < -0.4 is 0 Å². The number of alkyl halides is 1. The average molecular weight is 333 g/mol. The average Bonchev–Trinajstić information content (AvgIpc) is 2.66. The van der Waals surface area contributed by atoms with E-state index in [9.17, 15) is 0 Å². The summed E-state index contributed by atoms with van der Waals surface area (Å²) in [6, 6.07) is 8.18. The molecule has 0 atom stereocenters. The Morgan fingerprint density at radius 2 is 2.21 bits per heavy atom. The van der Waals surface area contributed by atoms with Gasteiger partial charge in [-0.3, -0.25) is 0 Å². The summed E-state index contributed by atoms with van der Waals surface area (Å²) in [6.45, 7) is 0. The second-order valence-corrected chi connectivity index (χ2v) is 5.19. The van der Waals surface area contributed by atoms with Gasteiger partial charge < -0.3 is 0 Å². The van der Waals surface area contributed by atoms with Gasteiger partial charge in [-0.1, -0.05) is 44.0 Å². The van der Waals surface area contributed by atoms with Crippen LogP contribution in [0.5, 0.6) is 0 Å². The van der Waals surface area contributed by atoms with E-state index in [-0.39, 0.29) is 0 Å². The molecule has 1 heterocycles. The van der Waals surface area contributed by atoms with Crippen LogP contribution in [0.1, 0.15) is 5.01 Å². The smallest absolute Gasteiger partial charge is 0.104 e. The van der Waals surface area contributed by atoms with Crippen LogP contribution in [-0.4, -0.2) is 4.98 Å². The van der Waals surface area contributed by atoms with Crippen molar-refractivity contribution in [3.63, 3.8) is 0 Å². The second kappa shape index (κ2) is 4.55. The van der Waals surface area contributed by atoms with Crippen LogP contribution >= 0.6 is 43.2 Å². The van der Waals surface area contributed by atoms with Gasteiger partial charge in [-0.05, 0) is 12.1 Å². The first-order valence-electron chi connectivity index (χ1n) is 4.06. The van der Waals surface area contributed by atoms with Crippen LogP contribution in [-0.2, 0) is 5.33 Å². The number of halogens is 2. The van der Waals surface area contributed by atoms with Gasteiger partial charge in [0.2, 0.25) is 0 Å². The fourth-order valence-electron chi connectivity index (χ4n) is 1.15. The summed E-state index contributed by atoms with van der Waals surface area (Å²) in [5.41, 5.74) is 2.20. The zero-order valence-electron chi connectivity index (χ0n) is 7.21. The van der Waals surface area contributed by atoms with Gasteiger partial charge in [0, 0.05) is 15.4 Å². The number of rotatable bonds is 2. The van der Waals surface area contributed by atoms with E-state index < -0.39 is 0 Å². The molecule has 1 nitrogen and oxygen atoms in total. The molecule has 72 valence electrons. The highest BCUT2D eigenvalue weighted by molar-refractivity contribution is 9.10. The first kappa shape index (κ1) is 10.3. The summed E-state index contributed by atoms with van der Waals surface area (Å²) in [7, 11) is 0. The molecule has 2 rings (SSSR count). The molecule has 0 aliphatic heterocycles. The highest BCUT2D eigenvalue weighted by atomic mass is 79.9. The molecule has 0 radical (unpaired) electrons. The Morgan fingerprint density at radius 1 is 1.36 bits per heavy atom. The van der Waals surface area contributed by atoms with Crippen molar-refractivity contribution in [3.05, 3.63) is 39.1 Å². The standard InChI is InChI=1S/C10H7Br2NS/c11-5-10-13-9(6-14-10)7-2-1-3-8(12)4-7/h1-4,6H,5H2. The molecule has 0 aliphatic rings.